The molecular formula is C8H12O2. The lowest BCUT2D eigenvalue weighted by molar-refractivity contribution is -0.142. The normalized spacial score (nSPS) is 32.1. The average Bonchev–Trinajstić information content (AvgIpc) is 1.88. The maximum absolute atomic E-state index is 10.5. The molecule has 10 heavy (non-hydrogen) atoms. The predicted molar refractivity (Wildman–Crippen MR) is 38.7 cm³/mol. The van der Waals surface area contributed by atoms with E-state index >= 15 is 0 Å². The molecule has 0 aromatic rings. The zero-order chi connectivity index (χ0) is 7.56. The van der Waals surface area contributed by atoms with Crippen LogP contribution >= 0.6 is 0 Å². The molecule has 0 spiro atoms. The maximum atomic E-state index is 10.5. The lowest BCUT2D eigenvalue weighted by Gasteiger charge is -2.17. The van der Waals surface area contributed by atoms with E-state index in [1.807, 2.05) is 13.0 Å². The van der Waals surface area contributed by atoms with Crippen LogP contribution in [0.15, 0.2) is 12.2 Å². The lowest BCUT2D eigenvalue weighted by atomic mass is 9.88. The van der Waals surface area contributed by atoms with Gasteiger partial charge in [0.2, 0.25) is 0 Å². The summed E-state index contributed by atoms with van der Waals surface area (Å²) in [7, 11) is 0. The number of aliphatic carboxylic acids is 1. The van der Waals surface area contributed by atoms with E-state index in [1.165, 1.54) is 0 Å². The second-order valence-corrected chi connectivity index (χ2v) is 2.91. The zero-order valence-corrected chi connectivity index (χ0v) is 6.08. The molecule has 1 N–H and O–H groups in total. The van der Waals surface area contributed by atoms with Crippen LogP contribution < -0.4 is 0 Å². The number of allylic oxidation sites excluding steroid dienone is 2. The summed E-state index contributed by atoms with van der Waals surface area (Å²) in [6.07, 6.45) is 5.55. The summed E-state index contributed by atoms with van der Waals surface area (Å²) in [5.74, 6) is -0.356. The molecule has 0 radical (unpaired) electrons. The van der Waals surface area contributed by atoms with Crippen molar-refractivity contribution >= 4 is 5.97 Å². The molecule has 56 valence electrons. The smallest absolute Gasteiger partial charge is 0.306 e. The number of rotatable bonds is 1. The molecule has 0 heterocycles. The average molecular weight is 140 g/mol. The first-order chi connectivity index (χ1) is 4.70. The lowest BCUT2D eigenvalue weighted by Crippen LogP contribution is -2.17. The first kappa shape index (κ1) is 7.32. The van der Waals surface area contributed by atoms with Crippen molar-refractivity contribution in [3.05, 3.63) is 12.2 Å². The molecule has 2 atom stereocenters. The van der Waals surface area contributed by atoms with Gasteiger partial charge < -0.3 is 5.11 Å². The Balaban J connectivity index is 2.52. The molecule has 0 saturated heterocycles. The van der Waals surface area contributed by atoms with Gasteiger partial charge in [-0.1, -0.05) is 19.1 Å². The number of carboxylic acids is 1. The van der Waals surface area contributed by atoms with E-state index in [-0.39, 0.29) is 5.92 Å². The molecule has 0 saturated carbocycles. The van der Waals surface area contributed by atoms with Crippen LogP contribution in [-0.2, 0) is 4.79 Å². The van der Waals surface area contributed by atoms with Gasteiger partial charge in [0.25, 0.3) is 0 Å². The molecule has 1 aliphatic carbocycles. The van der Waals surface area contributed by atoms with Gasteiger partial charge in [-0.25, -0.2) is 0 Å². The highest BCUT2D eigenvalue weighted by Crippen LogP contribution is 2.22. The summed E-state index contributed by atoms with van der Waals surface area (Å²) < 4.78 is 0. The van der Waals surface area contributed by atoms with Gasteiger partial charge in [-0.2, -0.15) is 0 Å². The minimum absolute atomic E-state index is 0.139. The molecule has 0 aromatic heterocycles. The first-order valence-corrected chi connectivity index (χ1v) is 3.59. The fraction of sp³-hybridized carbons (Fsp3) is 0.625. The van der Waals surface area contributed by atoms with E-state index in [0.717, 1.165) is 6.42 Å². The molecule has 2 nitrogen and oxygen atoms in total. The van der Waals surface area contributed by atoms with Gasteiger partial charge in [0, 0.05) is 0 Å². The SMILES string of the molecule is CC1C=CC[C@H](C(=O)O)C1. The Labute approximate surface area is 60.6 Å². The van der Waals surface area contributed by atoms with E-state index in [1.54, 1.807) is 0 Å². The van der Waals surface area contributed by atoms with E-state index in [4.69, 9.17) is 5.11 Å². The van der Waals surface area contributed by atoms with E-state index in [2.05, 4.69) is 6.08 Å². The first-order valence-electron chi connectivity index (χ1n) is 3.59. The number of hydrogen-bond acceptors (Lipinski definition) is 1. The van der Waals surface area contributed by atoms with Crippen molar-refractivity contribution in [1.82, 2.24) is 0 Å². The van der Waals surface area contributed by atoms with Crippen LogP contribution in [0.4, 0.5) is 0 Å². The Morgan fingerprint density at radius 3 is 2.80 bits per heavy atom. The zero-order valence-electron chi connectivity index (χ0n) is 6.08. The van der Waals surface area contributed by atoms with Gasteiger partial charge >= 0.3 is 5.97 Å². The Bertz CT molecular complexity index is 161. The number of carboxylic acid groups (broad SMARTS) is 1. The molecule has 0 aromatic carbocycles. The highest BCUT2D eigenvalue weighted by Gasteiger charge is 2.20. The van der Waals surface area contributed by atoms with Crippen molar-refractivity contribution in [2.45, 2.75) is 19.8 Å². The molecular weight excluding hydrogens is 128 g/mol. The number of hydrogen-bond donors (Lipinski definition) is 1. The Morgan fingerprint density at radius 1 is 1.70 bits per heavy atom. The summed E-state index contributed by atoms with van der Waals surface area (Å²) >= 11 is 0. The number of carbonyl (C=O) groups is 1. The van der Waals surface area contributed by atoms with Crippen LogP contribution in [0.25, 0.3) is 0 Å². The van der Waals surface area contributed by atoms with Gasteiger partial charge in [0.15, 0.2) is 0 Å². The minimum Gasteiger partial charge on any atom is -0.481 e. The third kappa shape index (κ3) is 1.59. The topological polar surface area (TPSA) is 37.3 Å². The molecule has 0 aliphatic heterocycles. The molecule has 1 unspecified atom stereocenters. The van der Waals surface area contributed by atoms with Crippen molar-refractivity contribution in [2.75, 3.05) is 0 Å². The van der Waals surface area contributed by atoms with E-state index < -0.39 is 5.97 Å². The summed E-state index contributed by atoms with van der Waals surface area (Å²) in [5, 5.41) is 8.62. The summed E-state index contributed by atoms with van der Waals surface area (Å²) in [4.78, 5) is 10.5. The Hall–Kier alpha value is -0.790. The summed E-state index contributed by atoms with van der Waals surface area (Å²) in [6.45, 7) is 2.05. The molecule has 1 aliphatic rings. The van der Waals surface area contributed by atoms with Crippen LogP contribution in [0.3, 0.4) is 0 Å². The van der Waals surface area contributed by atoms with Gasteiger partial charge in [-0.05, 0) is 18.8 Å². The van der Waals surface area contributed by atoms with Crippen LogP contribution in [0.1, 0.15) is 19.8 Å². The van der Waals surface area contributed by atoms with Crippen molar-refractivity contribution in [1.29, 1.82) is 0 Å². The fourth-order valence-electron chi connectivity index (χ4n) is 1.30. The van der Waals surface area contributed by atoms with Crippen LogP contribution in [0.5, 0.6) is 0 Å². The van der Waals surface area contributed by atoms with Crippen molar-refractivity contribution < 1.29 is 9.90 Å². The van der Waals surface area contributed by atoms with Crippen LogP contribution in [0, 0.1) is 11.8 Å². The predicted octanol–water partition coefficient (Wildman–Crippen LogP) is 1.67. The molecule has 0 amide bonds. The van der Waals surface area contributed by atoms with Gasteiger partial charge in [0.1, 0.15) is 0 Å². The van der Waals surface area contributed by atoms with Crippen LogP contribution in [0.2, 0.25) is 0 Å². The van der Waals surface area contributed by atoms with Crippen molar-refractivity contribution in [3.63, 3.8) is 0 Å². The Kier molecular flexibility index (Phi) is 2.10. The minimum atomic E-state index is -0.656. The van der Waals surface area contributed by atoms with E-state index in [9.17, 15) is 4.79 Å². The standard InChI is InChI=1S/C8H12O2/c1-6-3-2-4-7(5-6)8(9)10/h2-3,6-7H,4-5H2,1H3,(H,9,10)/t6?,7-/m0/s1. The molecule has 2 heteroatoms. The summed E-state index contributed by atoms with van der Waals surface area (Å²) in [6, 6.07) is 0. The molecule has 0 bridgehead atoms. The van der Waals surface area contributed by atoms with Crippen molar-refractivity contribution in [2.24, 2.45) is 11.8 Å². The molecule has 1 rings (SSSR count). The monoisotopic (exact) mass is 140 g/mol. The highest BCUT2D eigenvalue weighted by atomic mass is 16.4. The largest absolute Gasteiger partial charge is 0.481 e. The van der Waals surface area contributed by atoms with Gasteiger partial charge in [0.05, 0.1) is 5.92 Å². The second-order valence-electron chi connectivity index (χ2n) is 2.91. The second kappa shape index (κ2) is 2.86. The quantitative estimate of drug-likeness (QED) is 0.562. The van der Waals surface area contributed by atoms with Gasteiger partial charge in [-0.3, -0.25) is 4.79 Å². The molecule has 0 fully saturated rings. The fourth-order valence-corrected chi connectivity index (χ4v) is 1.30. The maximum Gasteiger partial charge on any atom is 0.306 e. The third-order valence-corrected chi connectivity index (χ3v) is 1.89. The van der Waals surface area contributed by atoms with Gasteiger partial charge in [-0.15, -0.1) is 0 Å². The highest BCUT2D eigenvalue weighted by molar-refractivity contribution is 5.70. The van der Waals surface area contributed by atoms with Crippen molar-refractivity contribution in [3.8, 4) is 0 Å². The van der Waals surface area contributed by atoms with Crippen LogP contribution in [-0.4, -0.2) is 11.1 Å². The third-order valence-electron chi connectivity index (χ3n) is 1.89. The Morgan fingerprint density at radius 2 is 2.40 bits per heavy atom. The summed E-state index contributed by atoms with van der Waals surface area (Å²) in [5.41, 5.74) is 0. The van der Waals surface area contributed by atoms with E-state index in [0.29, 0.717) is 12.3 Å².